The van der Waals surface area contributed by atoms with Gasteiger partial charge in [-0.15, -0.1) is 12.4 Å². The van der Waals surface area contributed by atoms with Gasteiger partial charge in [0.15, 0.2) is 11.5 Å². The molecule has 1 saturated heterocycles. The second-order valence-corrected chi connectivity index (χ2v) is 7.67. The van der Waals surface area contributed by atoms with Crippen molar-refractivity contribution in [1.82, 2.24) is 10.2 Å². The second kappa shape index (κ2) is 7.65. The summed E-state index contributed by atoms with van der Waals surface area (Å²) in [5.74, 6) is 2.20. The normalized spacial score (nSPS) is 23.5. The maximum atomic E-state index is 13.0. The molecule has 1 saturated carbocycles. The molecule has 144 valence electrons. The van der Waals surface area contributed by atoms with Crippen molar-refractivity contribution in [2.75, 3.05) is 40.4 Å². The molecule has 1 aliphatic carbocycles. The molecule has 1 aromatic rings. The number of carbonyl (C=O) groups is 1. The van der Waals surface area contributed by atoms with E-state index in [4.69, 9.17) is 9.47 Å². The highest BCUT2D eigenvalue weighted by atomic mass is 35.5. The molecule has 5 nitrogen and oxygen atoms in total. The van der Waals surface area contributed by atoms with Gasteiger partial charge in [0.2, 0.25) is 5.91 Å². The monoisotopic (exact) mass is 380 g/mol. The first-order valence-corrected chi connectivity index (χ1v) is 9.40. The average molecular weight is 381 g/mol. The molecule has 6 heteroatoms. The van der Waals surface area contributed by atoms with Crippen molar-refractivity contribution in [1.29, 1.82) is 0 Å². The number of hydrogen-bond acceptors (Lipinski definition) is 4. The highest BCUT2D eigenvalue weighted by molar-refractivity contribution is 5.85. The highest BCUT2D eigenvalue weighted by Gasteiger charge is 2.58. The van der Waals surface area contributed by atoms with Gasteiger partial charge in [0, 0.05) is 19.0 Å². The molecule has 0 bridgehead atoms. The third kappa shape index (κ3) is 3.39. The number of halogens is 1. The van der Waals surface area contributed by atoms with Gasteiger partial charge in [-0.1, -0.05) is 0 Å². The lowest BCUT2D eigenvalue weighted by Crippen LogP contribution is -2.37. The summed E-state index contributed by atoms with van der Waals surface area (Å²) in [4.78, 5) is 15.1. The summed E-state index contributed by atoms with van der Waals surface area (Å²) in [5, 5.41) is 3.41. The Kier molecular flexibility index (Phi) is 5.68. The minimum atomic E-state index is 0. The van der Waals surface area contributed by atoms with Gasteiger partial charge in [0.05, 0.1) is 14.2 Å². The van der Waals surface area contributed by atoms with E-state index >= 15 is 0 Å². The lowest BCUT2D eigenvalue weighted by Gasteiger charge is -2.26. The van der Waals surface area contributed by atoms with E-state index in [2.05, 4.69) is 22.3 Å². The van der Waals surface area contributed by atoms with E-state index in [0.29, 0.717) is 11.3 Å². The summed E-state index contributed by atoms with van der Waals surface area (Å²) in [6.07, 6.45) is 5.20. The summed E-state index contributed by atoms with van der Waals surface area (Å²) in [7, 11) is 3.34. The van der Waals surface area contributed by atoms with Crippen LogP contribution in [-0.2, 0) is 17.6 Å². The fraction of sp³-hybridized carbons (Fsp3) is 0.650. The number of benzene rings is 1. The van der Waals surface area contributed by atoms with Gasteiger partial charge in [0.1, 0.15) is 0 Å². The van der Waals surface area contributed by atoms with Gasteiger partial charge < -0.3 is 19.7 Å². The maximum absolute atomic E-state index is 13.0. The number of rotatable bonds is 3. The molecule has 0 aromatic heterocycles. The zero-order valence-electron chi connectivity index (χ0n) is 15.7. The van der Waals surface area contributed by atoms with E-state index < -0.39 is 0 Å². The molecule has 2 aliphatic heterocycles. The molecular formula is C20H29ClN2O3. The molecule has 1 spiro atoms. The van der Waals surface area contributed by atoms with Gasteiger partial charge in [0.25, 0.3) is 0 Å². The number of ether oxygens (including phenoxy) is 2. The lowest BCUT2D eigenvalue weighted by atomic mass is 9.91. The number of methoxy groups -OCH3 is 2. The molecule has 26 heavy (non-hydrogen) atoms. The number of piperidine rings is 1. The largest absolute Gasteiger partial charge is 0.493 e. The molecule has 1 atom stereocenters. The van der Waals surface area contributed by atoms with Crippen molar-refractivity contribution in [2.24, 2.45) is 11.3 Å². The Morgan fingerprint density at radius 1 is 1.08 bits per heavy atom. The van der Waals surface area contributed by atoms with Gasteiger partial charge in [-0.3, -0.25) is 4.79 Å². The second-order valence-electron chi connectivity index (χ2n) is 7.67. The summed E-state index contributed by atoms with van der Waals surface area (Å²) in [6, 6.07) is 4.15. The first-order valence-electron chi connectivity index (χ1n) is 9.40. The van der Waals surface area contributed by atoms with Crippen LogP contribution in [0.2, 0.25) is 0 Å². The zero-order chi connectivity index (χ0) is 17.4. The van der Waals surface area contributed by atoms with E-state index in [-0.39, 0.29) is 18.3 Å². The summed E-state index contributed by atoms with van der Waals surface area (Å²) in [5.41, 5.74) is 2.87. The quantitative estimate of drug-likeness (QED) is 0.875. The van der Waals surface area contributed by atoms with Crippen LogP contribution in [0.15, 0.2) is 12.1 Å². The maximum Gasteiger partial charge on any atom is 0.226 e. The summed E-state index contributed by atoms with van der Waals surface area (Å²) < 4.78 is 10.9. The molecule has 2 fully saturated rings. The molecule has 1 aromatic carbocycles. The third-order valence-electron chi connectivity index (χ3n) is 6.41. The van der Waals surface area contributed by atoms with Gasteiger partial charge in [-0.2, -0.15) is 0 Å². The van der Waals surface area contributed by atoms with E-state index in [1.165, 1.54) is 11.1 Å². The zero-order valence-corrected chi connectivity index (χ0v) is 16.5. The molecule has 1 N–H and O–H groups in total. The summed E-state index contributed by atoms with van der Waals surface area (Å²) >= 11 is 0. The number of amides is 1. The molecule has 3 aliphatic rings. The topological polar surface area (TPSA) is 50.8 Å². The van der Waals surface area contributed by atoms with E-state index in [0.717, 1.165) is 69.8 Å². The molecule has 2 heterocycles. The van der Waals surface area contributed by atoms with Crippen LogP contribution in [0, 0.1) is 11.3 Å². The van der Waals surface area contributed by atoms with Crippen molar-refractivity contribution in [2.45, 2.75) is 32.1 Å². The van der Waals surface area contributed by atoms with Gasteiger partial charge in [-0.25, -0.2) is 0 Å². The fourth-order valence-corrected chi connectivity index (χ4v) is 4.67. The van der Waals surface area contributed by atoms with Crippen molar-refractivity contribution in [3.05, 3.63) is 23.3 Å². The van der Waals surface area contributed by atoms with Gasteiger partial charge in [-0.05, 0) is 73.9 Å². The van der Waals surface area contributed by atoms with Crippen LogP contribution in [0.3, 0.4) is 0 Å². The standard InChI is InChI=1S/C20H28N2O3.ClH/c1-24-17-11-14-3-9-22(10-4-15(14)12-18(17)25-2)19(23)16-13-20(16)5-7-21-8-6-20;/h11-12,16,21H,3-10,13H2,1-2H3;1H. The minimum Gasteiger partial charge on any atom is -0.493 e. The van der Waals surface area contributed by atoms with Crippen LogP contribution < -0.4 is 14.8 Å². The first kappa shape index (κ1) is 19.3. The van der Waals surface area contributed by atoms with Crippen molar-refractivity contribution < 1.29 is 14.3 Å². The van der Waals surface area contributed by atoms with Crippen LogP contribution in [0.5, 0.6) is 11.5 Å². The highest BCUT2D eigenvalue weighted by Crippen LogP contribution is 2.59. The van der Waals surface area contributed by atoms with Crippen LogP contribution >= 0.6 is 12.4 Å². The van der Waals surface area contributed by atoms with Crippen molar-refractivity contribution >= 4 is 18.3 Å². The minimum absolute atomic E-state index is 0. The number of carbonyl (C=O) groups excluding carboxylic acids is 1. The molecular weight excluding hydrogens is 352 g/mol. The van der Waals surface area contributed by atoms with E-state index in [1.807, 2.05) is 0 Å². The average Bonchev–Trinajstić information content (AvgIpc) is 3.38. The predicted molar refractivity (Wildman–Crippen MR) is 103 cm³/mol. The van der Waals surface area contributed by atoms with E-state index in [9.17, 15) is 4.79 Å². The van der Waals surface area contributed by atoms with Crippen LogP contribution in [-0.4, -0.2) is 51.2 Å². The van der Waals surface area contributed by atoms with Crippen LogP contribution in [0.4, 0.5) is 0 Å². The van der Waals surface area contributed by atoms with Crippen molar-refractivity contribution in [3.8, 4) is 11.5 Å². The van der Waals surface area contributed by atoms with Crippen LogP contribution in [0.1, 0.15) is 30.4 Å². The van der Waals surface area contributed by atoms with Crippen molar-refractivity contribution in [3.63, 3.8) is 0 Å². The fourth-order valence-electron chi connectivity index (χ4n) is 4.67. The molecule has 1 amide bonds. The number of nitrogens with one attached hydrogen (secondary N) is 1. The Labute approximate surface area is 161 Å². The Hall–Kier alpha value is -1.46. The molecule has 1 unspecified atom stereocenters. The predicted octanol–water partition coefficient (Wildman–Crippen LogP) is 2.44. The number of fused-ring (bicyclic) bond motifs is 1. The smallest absolute Gasteiger partial charge is 0.226 e. The summed E-state index contributed by atoms with van der Waals surface area (Å²) in [6.45, 7) is 3.75. The lowest BCUT2D eigenvalue weighted by molar-refractivity contribution is -0.133. The SMILES string of the molecule is COc1cc2c(cc1OC)CCN(C(=O)C1CC13CCNCC3)CC2.Cl. The Balaban J connectivity index is 0.00000196. The Bertz CT molecular complexity index is 638. The third-order valence-corrected chi connectivity index (χ3v) is 6.41. The number of hydrogen-bond donors (Lipinski definition) is 1. The Morgan fingerprint density at radius 2 is 1.62 bits per heavy atom. The first-order chi connectivity index (χ1) is 12.2. The molecule has 4 rings (SSSR count). The number of nitrogens with zero attached hydrogens (tertiary/aromatic N) is 1. The van der Waals surface area contributed by atoms with E-state index in [1.54, 1.807) is 14.2 Å². The van der Waals surface area contributed by atoms with Crippen LogP contribution in [0.25, 0.3) is 0 Å². The molecule has 0 radical (unpaired) electrons. The van der Waals surface area contributed by atoms with Gasteiger partial charge >= 0.3 is 0 Å². The Morgan fingerprint density at radius 3 is 2.12 bits per heavy atom.